The molecular weight excluding hydrogens is 429 g/mol. The number of amides is 1. The predicted molar refractivity (Wildman–Crippen MR) is 109 cm³/mol. The molecule has 1 N–H and O–H groups in total. The Morgan fingerprint density at radius 3 is 2.43 bits per heavy atom. The zero-order chi connectivity index (χ0) is 20.8. The van der Waals surface area contributed by atoms with Gasteiger partial charge in [0, 0.05) is 5.02 Å². The number of hydrogen-bond donors (Lipinski definition) is 1. The fourth-order valence-electron chi connectivity index (χ4n) is 2.18. The molecule has 0 heterocycles. The highest BCUT2D eigenvalue weighted by Gasteiger charge is 2.18. The summed E-state index contributed by atoms with van der Waals surface area (Å²) in [5.74, 6) is -0.716. The summed E-state index contributed by atoms with van der Waals surface area (Å²) in [5, 5.41) is 3.42. The molecule has 0 aromatic heterocycles. The lowest BCUT2D eigenvalue weighted by atomic mass is 10.2. The molecule has 9 heteroatoms. The molecule has 0 aliphatic heterocycles. The first-order valence-corrected chi connectivity index (χ1v) is 9.31. The van der Waals surface area contributed by atoms with E-state index < -0.39 is 18.5 Å². The van der Waals surface area contributed by atoms with Gasteiger partial charge >= 0.3 is 5.97 Å². The third-order valence-electron chi connectivity index (χ3n) is 3.36. The van der Waals surface area contributed by atoms with Crippen LogP contribution in [0.3, 0.4) is 0 Å². The standard InChI is InChI=1S/C19H18Cl3NO5/c1-10(2)28-18-14(22)6-11(7-16(18)26-3)19(25)27-9-17(24)23-15-8-12(20)4-5-13(15)21/h4-8,10H,9H2,1-3H3,(H,23,24). The highest BCUT2D eigenvalue weighted by atomic mass is 35.5. The van der Waals surface area contributed by atoms with E-state index in [0.717, 1.165) is 0 Å². The Kier molecular flexibility index (Phi) is 7.80. The van der Waals surface area contributed by atoms with Crippen molar-refractivity contribution in [3.05, 3.63) is 51.0 Å². The molecule has 0 unspecified atom stereocenters. The van der Waals surface area contributed by atoms with Crippen molar-refractivity contribution in [2.45, 2.75) is 20.0 Å². The molecule has 0 spiro atoms. The lowest BCUT2D eigenvalue weighted by Gasteiger charge is -2.16. The zero-order valence-corrected chi connectivity index (χ0v) is 17.6. The maximum absolute atomic E-state index is 12.3. The average Bonchev–Trinajstić information content (AvgIpc) is 2.63. The van der Waals surface area contributed by atoms with E-state index in [1.807, 2.05) is 13.8 Å². The Morgan fingerprint density at radius 2 is 1.79 bits per heavy atom. The zero-order valence-electron chi connectivity index (χ0n) is 15.3. The number of anilines is 1. The van der Waals surface area contributed by atoms with E-state index in [1.54, 1.807) is 12.1 Å². The van der Waals surface area contributed by atoms with Gasteiger partial charge in [-0.3, -0.25) is 4.79 Å². The van der Waals surface area contributed by atoms with Gasteiger partial charge < -0.3 is 19.5 Å². The van der Waals surface area contributed by atoms with E-state index in [2.05, 4.69) is 5.32 Å². The third-order valence-corrected chi connectivity index (χ3v) is 4.20. The van der Waals surface area contributed by atoms with Crippen LogP contribution in [0.15, 0.2) is 30.3 Å². The van der Waals surface area contributed by atoms with Crippen LogP contribution in [0.4, 0.5) is 5.69 Å². The van der Waals surface area contributed by atoms with Crippen LogP contribution in [0.2, 0.25) is 15.1 Å². The molecule has 0 atom stereocenters. The van der Waals surface area contributed by atoms with Gasteiger partial charge in [-0.15, -0.1) is 0 Å². The van der Waals surface area contributed by atoms with Gasteiger partial charge in [0.2, 0.25) is 0 Å². The van der Waals surface area contributed by atoms with Crippen LogP contribution in [0, 0.1) is 0 Å². The Morgan fingerprint density at radius 1 is 1.07 bits per heavy atom. The SMILES string of the molecule is COc1cc(C(=O)OCC(=O)Nc2cc(Cl)ccc2Cl)cc(Cl)c1OC(C)C. The van der Waals surface area contributed by atoms with Gasteiger partial charge in [0.1, 0.15) is 0 Å². The van der Waals surface area contributed by atoms with Crippen LogP contribution in [0.25, 0.3) is 0 Å². The molecule has 0 radical (unpaired) electrons. The second kappa shape index (κ2) is 9.87. The molecule has 0 saturated heterocycles. The second-order valence-corrected chi connectivity index (χ2v) is 7.16. The van der Waals surface area contributed by atoms with Crippen molar-refractivity contribution in [1.82, 2.24) is 0 Å². The van der Waals surface area contributed by atoms with E-state index in [9.17, 15) is 9.59 Å². The number of rotatable bonds is 7. The van der Waals surface area contributed by atoms with Crippen LogP contribution in [0.1, 0.15) is 24.2 Å². The summed E-state index contributed by atoms with van der Waals surface area (Å²) in [7, 11) is 1.43. The van der Waals surface area contributed by atoms with E-state index in [-0.39, 0.29) is 22.4 Å². The molecule has 150 valence electrons. The van der Waals surface area contributed by atoms with Gasteiger partial charge in [-0.05, 0) is 44.2 Å². The van der Waals surface area contributed by atoms with E-state index in [0.29, 0.717) is 21.5 Å². The Hall–Kier alpha value is -2.15. The number of ether oxygens (including phenoxy) is 3. The monoisotopic (exact) mass is 445 g/mol. The number of hydrogen-bond acceptors (Lipinski definition) is 5. The Balaban J connectivity index is 2.05. The van der Waals surface area contributed by atoms with Gasteiger partial charge in [0.25, 0.3) is 5.91 Å². The second-order valence-electron chi connectivity index (χ2n) is 5.90. The van der Waals surface area contributed by atoms with E-state index >= 15 is 0 Å². The van der Waals surface area contributed by atoms with Crippen molar-refractivity contribution >= 4 is 52.4 Å². The molecule has 2 aromatic carbocycles. The fourth-order valence-corrected chi connectivity index (χ4v) is 2.77. The lowest BCUT2D eigenvalue weighted by molar-refractivity contribution is -0.119. The molecule has 2 rings (SSSR count). The van der Waals surface area contributed by atoms with Gasteiger partial charge in [0.05, 0.1) is 34.5 Å². The van der Waals surface area contributed by atoms with Crippen molar-refractivity contribution in [1.29, 1.82) is 0 Å². The number of carbonyl (C=O) groups excluding carboxylic acids is 2. The molecule has 0 saturated carbocycles. The Bertz CT molecular complexity index is 886. The molecular formula is C19H18Cl3NO5. The first-order valence-electron chi connectivity index (χ1n) is 8.17. The molecule has 6 nitrogen and oxygen atoms in total. The van der Waals surface area contributed by atoms with Crippen molar-refractivity contribution in [2.24, 2.45) is 0 Å². The number of esters is 1. The molecule has 0 bridgehead atoms. The van der Waals surface area contributed by atoms with Crippen LogP contribution >= 0.6 is 34.8 Å². The number of halogens is 3. The minimum atomic E-state index is -0.747. The smallest absolute Gasteiger partial charge is 0.338 e. The van der Waals surface area contributed by atoms with Gasteiger partial charge in [-0.2, -0.15) is 0 Å². The minimum absolute atomic E-state index is 0.117. The largest absolute Gasteiger partial charge is 0.493 e. The van der Waals surface area contributed by atoms with Gasteiger partial charge in [-0.1, -0.05) is 34.8 Å². The van der Waals surface area contributed by atoms with Crippen LogP contribution in [-0.2, 0) is 9.53 Å². The molecule has 0 aliphatic rings. The first kappa shape index (κ1) is 22.1. The number of methoxy groups -OCH3 is 1. The Labute approximate surface area is 177 Å². The molecule has 1 amide bonds. The van der Waals surface area contributed by atoms with Crippen LogP contribution < -0.4 is 14.8 Å². The fraction of sp³-hybridized carbons (Fsp3) is 0.263. The van der Waals surface area contributed by atoms with E-state index in [1.165, 1.54) is 25.3 Å². The van der Waals surface area contributed by atoms with Crippen molar-refractivity contribution < 1.29 is 23.8 Å². The summed E-state index contributed by atoms with van der Waals surface area (Å²) in [6, 6.07) is 7.43. The number of benzene rings is 2. The average molecular weight is 447 g/mol. The number of carbonyl (C=O) groups is 2. The van der Waals surface area contributed by atoms with Gasteiger partial charge in [-0.25, -0.2) is 4.79 Å². The third kappa shape index (κ3) is 5.92. The summed E-state index contributed by atoms with van der Waals surface area (Å²) in [5.41, 5.74) is 0.432. The quantitative estimate of drug-likeness (QED) is 0.589. The molecule has 28 heavy (non-hydrogen) atoms. The highest BCUT2D eigenvalue weighted by Crippen LogP contribution is 2.37. The number of nitrogens with one attached hydrogen (secondary N) is 1. The summed E-state index contributed by atoms with van der Waals surface area (Å²) in [4.78, 5) is 24.3. The summed E-state index contributed by atoms with van der Waals surface area (Å²) in [6.07, 6.45) is -0.133. The predicted octanol–water partition coefficient (Wildman–Crippen LogP) is 5.24. The van der Waals surface area contributed by atoms with Crippen molar-refractivity contribution in [2.75, 3.05) is 19.0 Å². The van der Waals surface area contributed by atoms with Crippen LogP contribution in [-0.4, -0.2) is 31.7 Å². The molecule has 2 aromatic rings. The van der Waals surface area contributed by atoms with Gasteiger partial charge in [0.15, 0.2) is 18.1 Å². The maximum Gasteiger partial charge on any atom is 0.338 e. The van der Waals surface area contributed by atoms with Crippen LogP contribution in [0.5, 0.6) is 11.5 Å². The summed E-state index contributed by atoms with van der Waals surface area (Å²) >= 11 is 18.0. The van der Waals surface area contributed by atoms with E-state index in [4.69, 9.17) is 49.0 Å². The minimum Gasteiger partial charge on any atom is -0.493 e. The topological polar surface area (TPSA) is 73.9 Å². The highest BCUT2D eigenvalue weighted by molar-refractivity contribution is 6.35. The van der Waals surface area contributed by atoms with Crippen molar-refractivity contribution in [3.63, 3.8) is 0 Å². The summed E-state index contributed by atoms with van der Waals surface area (Å²) < 4.78 is 15.8. The lowest BCUT2D eigenvalue weighted by Crippen LogP contribution is -2.21. The maximum atomic E-state index is 12.3. The normalized spacial score (nSPS) is 10.5. The molecule has 0 fully saturated rings. The van der Waals surface area contributed by atoms with Crippen molar-refractivity contribution in [3.8, 4) is 11.5 Å². The summed E-state index contributed by atoms with van der Waals surface area (Å²) in [6.45, 7) is 3.15. The molecule has 0 aliphatic carbocycles. The first-order chi connectivity index (χ1) is 13.2.